The minimum Gasteiger partial charge on any atom is -0.324 e. The molecule has 0 saturated carbocycles. The first kappa shape index (κ1) is 19.7. The second-order valence-corrected chi connectivity index (χ2v) is 8.22. The van der Waals surface area contributed by atoms with Crippen LogP contribution in [0.5, 0.6) is 0 Å². The number of anilines is 5. The Bertz CT molecular complexity index is 1260. The first-order valence-corrected chi connectivity index (χ1v) is 10.3. The average molecular weight is 428 g/mol. The van der Waals surface area contributed by atoms with Gasteiger partial charge in [0.25, 0.3) is 5.91 Å². The molecule has 3 aromatic rings. The number of halogens is 1. The fourth-order valence-corrected chi connectivity index (χ4v) is 3.71. The van der Waals surface area contributed by atoms with Crippen LogP contribution < -0.4 is 20.3 Å². The number of hydrogen-bond acceptors (Lipinski definition) is 7. The number of rotatable bonds is 3. The van der Waals surface area contributed by atoms with Gasteiger partial charge in [-0.2, -0.15) is 4.98 Å². The third-order valence-electron chi connectivity index (χ3n) is 4.73. The van der Waals surface area contributed by atoms with Crippen LogP contribution in [0.1, 0.15) is 10.4 Å². The molecule has 30 heavy (non-hydrogen) atoms. The van der Waals surface area contributed by atoms with E-state index in [4.69, 9.17) is 5.14 Å². The molecule has 0 unspecified atom stereocenters. The van der Waals surface area contributed by atoms with Gasteiger partial charge in [0.2, 0.25) is 16.0 Å². The van der Waals surface area contributed by atoms with Crippen LogP contribution >= 0.6 is 0 Å². The first-order valence-electron chi connectivity index (χ1n) is 8.74. The molecule has 2 aromatic carbocycles. The van der Waals surface area contributed by atoms with Crippen LogP contribution in [0.15, 0.2) is 53.6 Å². The van der Waals surface area contributed by atoms with Crippen molar-refractivity contribution >= 4 is 44.8 Å². The number of primary sulfonamides is 1. The lowest BCUT2D eigenvalue weighted by Gasteiger charge is -2.21. The maximum absolute atomic E-state index is 14.5. The van der Waals surface area contributed by atoms with Gasteiger partial charge in [0, 0.05) is 19.8 Å². The Labute approximate surface area is 172 Å². The zero-order chi connectivity index (χ0) is 21.6. The quantitative estimate of drug-likeness (QED) is 0.657. The third kappa shape index (κ3) is 3.33. The van der Waals surface area contributed by atoms with Crippen molar-refractivity contribution in [2.75, 3.05) is 29.2 Å². The van der Waals surface area contributed by atoms with Gasteiger partial charge in [-0.25, -0.2) is 22.9 Å². The van der Waals surface area contributed by atoms with Gasteiger partial charge < -0.3 is 15.1 Å². The number of amides is 1. The van der Waals surface area contributed by atoms with Gasteiger partial charge >= 0.3 is 0 Å². The van der Waals surface area contributed by atoms with Crippen molar-refractivity contribution < 1.29 is 17.6 Å². The predicted molar refractivity (Wildman–Crippen MR) is 110 cm³/mol. The van der Waals surface area contributed by atoms with E-state index in [0.717, 1.165) is 0 Å². The Balaban J connectivity index is 1.74. The predicted octanol–water partition coefficient (Wildman–Crippen LogP) is 2.36. The zero-order valence-electron chi connectivity index (χ0n) is 16.0. The van der Waals surface area contributed by atoms with Crippen LogP contribution in [-0.2, 0) is 10.0 Å². The summed E-state index contributed by atoms with van der Waals surface area (Å²) >= 11 is 0. The van der Waals surface area contributed by atoms with Crippen LogP contribution in [0.2, 0.25) is 0 Å². The molecule has 1 aliphatic rings. The van der Waals surface area contributed by atoms with Crippen molar-refractivity contribution in [3.8, 4) is 0 Å². The van der Waals surface area contributed by atoms with Gasteiger partial charge in [-0.15, -0.1) is 0 Å². The Morgan fingerprint density at radius 2 is 1.77 bits per heavy atom. The highest BCUT2D eigenvalue weighted by molar-refractivity contribution is 7.89. The van der Waals surface area contributed by atoms with Crippen molar-refractivity contribution in [3.05, 3.63) is 60.0 Å². The number of sulfonamides is 1. The number of hydrogen-bond donors (Lipinski definition) is 2. The number of fused-ring (bicyclic) bond motifs is 2. The topological polar surface area (TPSA) is 122 Å². The van der Waals surface area contributed by atoms with Crippen molar-refractivity contribution in [1.82, 2.24) is 9.97 Å². The van der Waals surface area contributed by atoms with Crippen molar-refractivity contribution in [2.24, 2.45) is 5.14 Å². The molecule has 0 bridgehead atoms. The standard InChI is InChI=1S/C19H17FN6O3S/c1-25-15-10-22-19(23-11-6-8-12(9-7-11)30(21,28)29)24-17(15)26(2)16-13(18(25)27)4-3-5-14(16)20/h3-10H,1-2H3,(H2,21,28,29)(H,22,23,24). The van der Waals surface area contributed by atoms with E-state index in [0.29, 0.717) is 17.2 Å². The van der Waals surface area contributed by atoms with Gasteiger partial charge in [-0.1, -0.05) is 6.07 Å². The molecule has 1 aliphatic heterocycles. The summed E-state index contributed by atoms with van der Waals surface area (Å²) in [5.74, 6) is -0.410. The number of para-hydroxylation sites is 1. The molecule has 0 radical (unpaired) electrons. The lowest BCUT2D eigenvalue weighted by molar-refractivity contribution is 0.0994. The van der Waals surface area contributed by atoms with Gasteiger partial charge in [0.05, 0.1) is 22.3 Å². The molecule has 0 aliphatic carbocycles. The van der Waals surface area contributed by atoms with E-state index in [1.54, 1.807) is 20.2 Å². The molecule has 4 rings (SSSR count). The van der Waals surface area contributed by atoms with E-state index in [9.17, 15) is 17.6 Å². The summed E-state index contributed by atoms with van der Waals surface area (Å²) in [4.78, 5) is 24.3. The number of benzene rings is 2. The first-order chi connectivity index (χ1) is 14.2. The molecule has 2 heterocycles. The fraction of sp³-hybridized carbons (Fsp3) is 0.105. The molecule has 9 nitrogen and oxygen atoms in total. The van der Waals surface area contributed by atoms with Crippen LogP contribution in [0.4, 0.5) is 33.2 Å². The highest BCUT2D eigenvalue weighted by atomic mass is 32.2. The van der Waals surface area contributed by atoms with Gasteiger partial charge in [-0.05, 0) is 36.4 Å². The lowest BCUT2D eigenvalue weighted by atomic mass is 10.1. The number of carbonyl (C=O) groups is 1. The highest BCUT2D eigenvalue weighted by Gasteiger charge is 2.31. The second kappa shape index (κ2) is 7.04. The number of aromatic nitrogens is 2. The van der Waals surface area contributed by atoms with Crippen molar-refractivity contribution in [2.45, 2.75) is 4.90 Å². The van der Waals surface area contributed by atoms with E-state index in [2.05, 4.69) is 15.3 Å². The molecule has 154 valence electrons. The van der Waals surface area contributed by atoms with E-state index < -0.39 is 15.8 Å². The summed E-state index contributed by atoms with van der Waals surface area (Å²) in [7, 11) is -0.615. The van der Waals surface area contributed by atoms with Gasteiger partial charge in [0.1, 0.15) is 11.5 Å². The van der Waals surface area contributed by atoms with Crippen molar-refractivity contribution in [3.63, 3.8) is 0 Å². The molecule has 0 fully saturated rings. The van der Waals surface area contributed by atoms with Crippen LogP contribution in [0.3, 0.4) is 0 Å². The molecule has 11 heteroatoms. The highest BCUT2D eigenvalue weighted by Crippen LogP contribution is 2.39. The number of nitrogens with one attached hydrogen (secondary N) is 1. The van der Waals surface area contributed by atoms with Crippen molar-refractivity contribution in [1.29, 1.82) is 0 Å². The minimum absolute atomic E-state index is 0.0251. The SMILES string of the molecule is CN1C(=O)c2cccc(F)c2N(C)c2nc(Nc3ccc(S(N)(=O)=O)cc3)ncc21. The summed E-state index contributed by atoms with van der Waals surface area (Å²) < 4.78 is 37.3. The number of nitrogens with two attached hydrogens (primary N) is 1. The normalized spacial score (nSPS) is 13.5. The summed E-state index contributed by atoms with van der Waals surface area (Å²) in [6, 6.07) is 10.1. The third-order valence-corrected chi connectivity index (χ3v) is 5.65. The lowest BCUT2D eigenvalue weighted by Crippen LogP contribution is -2.25. The monoisotopic (exact) mass is 428 g/mol. The van der Waals surface area contributed by atoms with Crippen LogP contribution in [-0.4, -0.2) is 38.4 Å². The number of carbonyl (C=O) groups excluding carboxylic acids is 1. The Morgan fingerprint density at radius 1 is 1.07 bits per heavy atom. The Hall–Kier alpha value is -3.57. The average Bonchev–Trinajstić information content (AvgIpc) is 2.78. The second-order valence-electron chi connectivity index (χ2n) is 6.66. The zero-order valence-corrected chi connectivity index (χ0v) is 16.8. The van der Waals surface area contributed by atoms with E-state index in [1.807, 2.05) is 0 Å². The maximum Gasteiger partial charge on any atom is 0.260 e. The maximum atomic E-state index is 14.5. The molecule has 0 atom stereocenters. The summed E-state index contributed by atoms with van der Waals surface area (Å²) in [6.07, 6.45) is 1.46. The van der Waals surface area contributed by atoms with Crippen LogP contribution in [0.25, 0.3) is 0 Å². The Morgan fingerprint density at radius 3 is 2.43 bits per heavy atom. The van der Waals surface area contributed by atoms with E-state index in [1.165, 1.54) is 52.4 Å². The van der Waals surface area contributed by atoms with E-state index >= 15 is 0 Å². The molecule has 1 aromatic heterocycles. The van der Waals surface area contributed by atoms with Gasteiger partial charge in [0.15, 0.2) is 5.82 Å². The summed E-state index contributed by atoms with van der Waals surface area (Å²) in [5, 5.41) is 8.06. The smallest absolute Gasteiger partial charge is 0.260 e. The molecule has 1 amide bonds. The summed E-state index contributed by atoms with van der Waals surface area (Å²) in [5.41, 5.74) is 1.27. The molecular weight excluding hydrogens is 411 g/mol. The largest absolute Gasteiger partial charge is 0.324 e. The molecule has 3 N–H and O–H groups in total. The minimum atomic E-state index is -3.80. The molecular formula is C19H17FN6O3S. The van der Waals surface area contributed by atoms with E-state index in [-0.39, 0.29) is 28.0 Å². The number of nitrogens with zero attached hydrogens (tertiary/aromatic N) is 4. The molecule has 0 spiro atoms. The molecule has 0 saturated heterocycles. The Kier molecular flexibility index (Phi) is 4.63. The fourth-order valence-electron chi connectivity index (χ4n) is 3.19. The summed E-state index contributed by atoms with van der Waals surface area (Å²) in [6.45, 7) is 0. The van der Waals surface area contributed by atoms with Gasteiger partial charge in [-0.3, -0.25) is 4.79 Å². The van der Waals surface area contributed by atoms with Crippen LogP contribution in [0, 0.1) is 5.82 Å².